The minimum atomic E-state index is -1.89. The molecule has 5 heteroatoms. The van der Waals surface area contributed by atoms with Gasteiger partial charge in [0.15, 0.2) is 0 Å². The Morgan fingerprint density at radius 1 is 1.36 bits per heavy atom. The molecule has 0 saturated carbocycles. The highest BCUT2D eigenvalue weighted by Gasteiger charge is 2.11. The Morgan fingerprint density at radius 3 is 2.27 bits per heavy atom. The van der Waals surface area contributed by atoms with Gasteiger partial charge < -0.3 is 9.47 Å². The van der Waals surface area contributed by atoms with Crippen molar-refractivity contribution in [3.05, 3.63) is 12.0 Å². The molecule has 0 fully saturated rings. The monoisotopic (exact) mass is 170 g/mol. The van der Waals surface area contributed by atoms with Crippen molar-refractivity contribution in [2.24, 2.45) is 0 Å². The Balaban J connectivity index is 3.93. The summed E-state index contributed by atoms with van der Waals surface area (Å²) in [6, 6.07) is -3.20. The van der Waals surface area contributed by atoms with Gasteiger partial charge in [0.25, 0.3) is 0 Å². The number of ether oxygens (including phenoxy) is 2. The molecule has 0 heterocycles. The first-order chi connectivity index (χ1) is 5.07. The van der Waals surface area contributed by atoms with Crippen LogP contribution in [0.5, 0.6) is 0 Å². The average molecular weight is 170 g/mol. The number of halogens is 3. The Bertz CT molecular complexity index is 145. The van der Waals surface area contributed by atoms with Gasteiger partial charge in [-0.3, -0.25) is 0 Å². The molecule has 66 valence electrons. The van der Waals surface area contributed by atoms with Crippen LogP contribution in [0.25, 0.3) is 0 Å². The molecule has 0 aromatic carbocycles. The van der Waals surface area contributed by atoms with Gasteiger partial charge in [0.05, 0.1) is 6.61 Å². The molecule has 0 spiro atoms. The largest absolute Gasteiger partial charge is 0.467 e. The molecular formula is C6H9F3O2. The van der Waals surface area contributed by atoms with Crippen molar-refractivity contribution < 1.29 is 22.6 Å². The van der Waals surface area contributed by atoms with E-state index in [4.69, 9.17) is 0 Å². The molecule has 0 bridgehead atoms. The number of rotatable bonds is 4. The van der Waals surface area contributed by atoms with Crippen LogP contribution in [0.15, 0.2) is 12.0 Å². The fourth-order valence-electron chi connectivity index (χ4n) is 0.372. The second-order valence-electron chi connectivity index (χ2n) is 1.64. The van der Waals surface area contributed by atoms with E-state index in [9.17, 15) is 13.2 Å². The van der Waals surface area contributed by atoms with Crippen LogP contribution in [-0.2, 0) is 9.47 Å². The normalized spacial score (nSPS) is 15.4. The maximum Gasteiger partial charge on any atom is 0.349 e. The predicted octanol–water partition coefficient (Wildman–Crippen LogP) is 2.42. The molecule has 0 radical (unpaired) electrons. The van der Waals surface area contributed by atoms with Gasteiger partial charge >= 0.3 is 12.0 Å². The molecule has 0 aliphatic carbocycles. The Kier molecular flexibility index (Phi) is 4.49. The second-order valence-corrected chi connectivity index (χ2v) is 1.64. The Morgan fingerprint density at radius 2 is 1.91 bits per heavy atom. The van der Waals surface area contributed by atoms with E-state index in [1.165, 1.54) is 6.92 Å². The van der Waals surface area contributed by atoms with Crippen LogP contribution in [0.1, 0.15) is 13.8 Å². The van der Waals surface area contributed by atoms with Crippen molar-refractivity contribution in [2.75, 3.05) is 6.61 Å². The summed E-state index contributed by atoms with van der Waals surface area (Å²) in [5.74, 6) is 0. The van der Waals surface area contributed by atoms with Crippen molar-refractivity contribution >= 4 is 0 Å². The topological polar surface area (TPSA) is 18.5 Å². The molecule has 0 N–H and O–H groups in total. The molecule has 1 atom stereocenters. The van der Waals surface area contributed by atoms with Gasteiger partial charge in [-0.2, -0.15) is 8.78 Å². The van der Waals surface area contributed by atoms with E-state index >= 15 is 0 Å². The lowest BCUT2D eigenvalue weighted by molar-refractivity contribution is -0.0291. The van der Waals surface area contributed by atoms with Gasteiger partial charge in [0.2, 0.25) is 6.36 Å². The molecule has 0 aliphatic rings. The smallest absolute Gasteiger partial charge is 0.349 e. The molecule has 0 aromatic heterocycles. The summed E-state index contributed by atoms with van der Waals surface area (Å²) in [6.07, 6.45) is -1.89. The van der Waals surface area contributed by atoms with Gasteiger partial charge in [-0.1, -0.05) is 0 Å². The van der Waals surface area contributed by atoms with Gasteiger partial charge in [-0.15, -0.1) is 0 Å². The molecule has 0 rings (SSSR count). The average Bonchev–Trinajstić information content (AvgIpc) is 1.86. The van der Waals surface area contributed by atoms with Crippen LogP contribution in [-0.4, -0.2) is 13.0 Å². The van der Waals surface area contributed by atoms with Gasteiger partial charge in [0, 0.05) is 6.92 Å². The lowest BCUT2D eigenvalue weighted by atomic mass is 10.8. The van der Waals surface area contributed by atoms with Crippen LogP contribution in [0.3, 0.4) is 0 Å². The highest BCUT2D eigenvalue weighted by atomic mass is 19.2. The number of hydrogen-bond donors (Lipinski definition) is 0. The van der Waals surface area contributed by atoms with Gasteiger partial charge in [-0.05, 0) is 6.92 Å². The molecule has 0 saturated heterocycles. The van der Waals surface area contributed by atoms with E-state index in [2.05, 4.69) is 9.47 Å². The van der Waals surface area contributed by atoms with E-state index in [1.807, 2.05) is 0 Å². The van der Waals surface area contributed by atoms with Crippen molar-refractivity contribution in [3.63, 3.8) is 0 Å². The van der Waals surface area contributed by atoms with Crippen molar-refractivity contribution in [3.8, 4) is 0 Å². The minimum Gasteiger partial charge on any atom is -0.467 e. The molecule has 1 unspecified atom stereocenters. The highest BCUT2D eigenvalue weighted by molar-refractivity contribution is 4.82. The lowest BCUT2D eigenvalue weighted by Crippen LogP contribution is -2.00. The van der Waals surface area contributed by atoms with E-state index in [0.717, 1.165) is 6.92 Å². The van der Waals surface area contributed by atoms with E-state index in [-0.39, 0.29) is 6.61 Å². The third-order valence-corrected chi connectivity index (χ3v) is 0.691. The van der Waals surface area contributed by atoms with Crippen molar-refractivity contribution in [2.45, 2.75) is 20.2 Å². The summed E-state index contributed by atoms with van der Waals surface area (Å²) < 4.78 is 43.9. The summed E-state index contributed by atoms with van der Waals surface area (Å²) in [5.41, 5.74) is 0. The number of alkyl halides is 1. The van der Waals surface area contributed by atoms with Gasteiger partial charge in [0.1, 0.15) is 0 Å². The van der Waals surface area contributed by atoms with Crippen LogP contribution < -0.4 is 0 Å². The maximum atomic E-state index is 12.2. The minimum absolute atomic E-state index is 0.0384. The highest BCUT2D eigenvalue weighted by Crippen LogP contribution is 2.13. The molecule has 0 aromatic rings. The summed E-state index contributed by atoms with van der Waals surface area (Å²) in [4.78, 5) is 0. The zero-order chi connectivity index (χ0) is 8.85. The SMILES string of the molecule is CCO/C(F)=C(/F)OC(C)F. The molecule has 11 heavy (non-hydrogen) atoms. The lowest BCUT2D eigenvalue weighted by Gasteiger charge is -2.04. The predicted molar refractivity (Wildman–Crippen MR) is 32.5 cm³/mol. The fraction of sp³-hybridized carbons (Fsp3) is 0.667. The first-order valence-electron chi connectivity index (χ1n) is 3.06. The first-order valence-corrected chi connectivity index (χ1v) is 3.06. The first kappa shape index (κ1) is 10.1. The van der Waals surface area contributed by atoms with Crippen LogP contribution in [0.4, 0.5) is 13.2 Å². The van der Waals surface area contributed by atoms with Crippen LogP contribution in [0.2, 0.25) is 0 Å². The van der Waals surface area contributed by atoms with E-state index in [0.29, 0.717) is 0 Å². The van der Waals surface area contributed by atoms with E-state index in [1.54, 1.807) is 0 Å². The zero-order valence-corrected chi connectivity index (χ0v) is 6.23. The summed E-state index contributed by atoms with van der Waals surface area (Å²) in [7, 11) is 0. The second kappa shape index (κ2) is 4.87. The third-order valence-electron chi connectivity index (χ3n) is 0.691. The Labute approximate surface area is 62.6 Å². The molecule has 2 nitrogen and oxygen atoms in total. The Hall–Kier alpha value is -0.870. The summed E-state index contributed by atoms with van der Waals surface area (Å²) in [5, 5.41) is 0. The quantitative estimate of drug-likeness (QED) is 0.603. The van der Waals surface area contributed by atoms with Crippen molar-refractivity contribution in [1.29, 1.82) is 0 Å². The maximum absolute atomic E-state index is 12.2. The zero-order valence-electron chi connectivity index (χ0n) is 6.23. The molecule has 0 amide bonds. The third kappa shape index (κ3) is 4.52. The number of hydrogen-bond acceptors (Lipinski definition) is 2. The standard InChI is InChI=1S/C6H9F3O2/c1-3-10-5(8)6(9)11-4(2)7/h4H,3H2,1-2H3/b6-5-. The molecule has 0 aliphatic heterocycles. The van der Waals surface area contributed by atoms with E-state index < -0.39 is 18.4 Å². The molecular weight excluding hydrogens is 161 g/mol. The summed E-state index contributed by atoms with van der Waals surface area (Å²) >= 11 is 0. The van der Waals surface area contributed by atoms with Crippen molar-refractivity contribution in [1.82, 2.24) is 0 Å². The van der Waals surface area contributed by atoms with Gasteiger partial charge in [-0.25, -0.2) is 4.39 Å². The summed E-state index contributed by atoms with van der Waals surface area (Å²) in [6.45, 7) is 2.35. The fourth-order valence-corrected chi connectivity index (χ4v) is 0.372. The van der Waals surface area contributed by atoms with Crippen LogP contribution >= 0.6 is 0 Å². The van der Waals surface area contributed by atoms with Crippen LogP contribution in [0, 0.1) is 0 Å².